The zero-order valence-electron chi connectivity index (χ0n) is 8.01. The Hall–Kier alpha value is -2.23. The fourth-order valence-electron chi connectivity index (χ4n) is 0.861. The van der Waals surface area contributed by atoms with Gasteiger partial charge in [-0.25, -0.2) is 0 Å². The van der Waals surface area contributed by atoms with Gasteiger partial charge < -0.3 is 0 Å². The van der Waals surface area contributed by atoms with Crippen molar-refractivity contribution in [1.29, 1.82) is 0 Å². The average molecular weight is 202 g/mol. The minimum atomic E-state index is -0.518. The first-order chi connectivity index (χ1) is 7.22. The van der Waals surface area contributed by atoms with E-state index >= 15 is 0 Å². The van der Waals surface area contributed by atoms with E-state index in [9.17, 15) is 9.59 Å². The highest BCUT2D eigenvalue weighted by molar-refractivity contribution is 6.06. The van der Waals surface area contributed by atoms with E-state index in [0.717, 1.165) is 11.6 Å². The summed E-state index contributed by atoms with van der Waals surface area (Å²) in [6.07, 6.45) is 7.12. The molecular weight excluding hydrogens is 192 g/mol. The van der Waals surface area contributed by atoms with E-state index in [-0.39, 0.29) is 0 Å². The molecule has 0 atom stereocenters. The Kier molecular flexibility index (Phi) is 3.97. The molecule has 76 valence electrons. The van der Waals surface area contributed by atoms with Crippen molar-refractivity contribution in [3.63, 3.8) is 0 Å². The first-order valence-electron chi connectivity index (χ1n) is 4.28. The third-order valence-corrected chi connectivity index (χ3v) is 1.54. The number of imide groups is 1. The highest BCUT2D eigenvalue weighted by Gasteiger charge is 1.98. The fourth-order valence-corrected chi connectivity index (χ4v) is 0.861. The van der Waals surface area contributed by atoms with Crippen LogP contribution in [0, 0.1) is 0 Å². The third-order valence-electron chi connectivity index (χ3n) is 1.54. The van der Waals surface area contributed by atoms with Crippen LogP contribution in [0.2, 0.25) is 0 Å². The van der Waals surface area contributed by atoms with Gasteiger partial charge in [0.05, 0.1) is 0 Å². The van der Waals surface area contributed by atoms with Crippen molar-refractivity contribution in [3.8, 4) is 0 Å². The molecule has 0 unspecified atom stereocenters. The number of carbonyl (C=O) groups excluding carboxylic acids is 2. The molecule has 0 bridgehead atoms. The molecule has 0 aliphatic heterocycles. The van der Waals surface area contributed by atoms with E-state index < -0.39 is 11.8 Å². The Balaban J connectivity index is 2.55. The lowest BCUT2D eigenvalue weighted by atomic mass is 10.2. The summed E-state index contributed by atoms with van der Waals surface area (Å²) in [6.45, 7) is 3.23. The van der Waals surface area contributed by atoms with Crippen LogP contribution in [0.25, 0.3) is 6.08 Å². The summed E-state index contributed by atoms with van der Waals surface area (Å²) < 4.78 is 0. The maximum absolute atomic E-state index is 11.1. The largest absolute Gasteiger partial charge is 0.289 e. The molecule has 1 rings (SSSR count). The minimum Gasteiger partial charge on any atom is -0.289 e. The van der Waals surface area contributed by atoms with Crippen molar-refractivity contribution in [2.24, 2.45) is 0 Å². The molecule has 0 radical (unpaired) electrons. The quantitative estimate of drug-likeness (QED) is 0.741. The van der Waals surface area contributed by atoms with Crippen molar-refractivity contribution in [3.05, 3.63) is 48.8 Å². The second kappa shape index (κ2) is 5.49. The van der Waals surface area contributed by atoms with Gasteiger partial charge in [-0.1, -0.05) is 12.6 Å². The van der Waals surface area contributed by atoms with Gasteiger partial charge in [-0.15, -0.1) is 0 Å². The monoisotopic (exact) mass is 202 g/mol. The van der Waals surface area contributed by atoms with E-state index in [1.807, 2.05) is 0 Å². The van der Waals surface area contributed by atoms with E-state index in [4.69, 9.17) is 0 Å². The Labute approximate surface area is 87.3 Å². The first-order valence-corrected chi connectivity index (χ1v) is 4.28. The van der Waals surface area contributed by atoms with Crippen LogP contribution in [-0.2, 0) is 9.59 Å². The third kappa shape index (κ3) is 3.99. The van der Waals surface area contributed by atoms with Gasteiger partial charge in [0.25, 0.3) is 5.91 Å². The number of nitrogens with zero attached hydrogens (tertiary/aromatic N) is 1. The molecule has 0 aromatic carbocycles. The van der Waals surface area contributed by atoms with E-state index in [1.165, 1.54) is 6.08 Å². The number of nitrogens with one attached hydrogen (secondary N) is 1. The van der Waals surface area contributed by atoms with Crippen LogP contribution in [0.3, 0.4) is 0 Å². The van der Waals surface area contributed by atoms with E-state index in [2.05, 4.69) is 16.9 Å². The van der Waals surface area contributed by atoms with Gasteiger partial charge in [-0.3, -0.25) is 19.9 Å². The van der Waals surface area contributed by atoms with Crippen LogP contribution in [0.5, 0.6) is 0 Å². The summed E-state index contributed by atoms with van der Waals surface area (Å²) in [7, 11) is 0. The molecule has 1 heterocycles. The van der Waals surface area contributed by atoms with Crippen LogP contribution in [0.4, 0.5) is 0 Å². The number of pyridine rings is 1. The lowest BCUT2D eigenvalue weighted by Crippen LogP contribution is -2.26. The molecule has 1 N–H and O–H groups in total. The summed E-state index contributed by atoms with van der Waals surface area (Å²) in [4.78, 5) is 25.7. The standard InChI is InChI=1S/C11H10N2O2/c1-2-10(14)13-11(15)6-5-9-4-3-7-12-8-9/h2-8H,1H2,(H,13,14,15). The molecular formula is C11H10N2O2. The van der Waals surface area contributed by atoms with Crippen LogP contribution in [-0.4, -0.2) is 16.8 Å². The van der Waals surface area contributed by atoms with E-state index in [0.29, 0.717) is 0 Å². The highest BCUT2D eigenvalue weighted by Crippen LogP contribution is 1.97. The highest BCUT2D eigenvalue weighted by atomic mass is 16.2. The van der Waals surface area contributed by atoms with Gasteiger partial charge in [0.15, 0.2) is 0 Å². The SMILES string of the molecule is C=CC(=O)NC(=O)C=Cc1cccnc1. The maximum Gasteiger partial charge on any atom is 0.250 e. The summed E-state index contributed by atoms with van der Waals surface area (Å²) >= 11 is 0. The second-order valence-corrected chi connectivity index (χ2v) is 2.68. The lowest BCUT2D eigenvalue weighted by Gasteiger charge is -1.94. The van der Waals surface area contributed by atoms with Crippen molar-refractivity contribution >= 4 is 17.9 Å². The zero-order valence-corrected chi connectivity index (χ0v) is 8.01. The van der Waals surface area contributed by atoms with Crippen molar-refractivity contribution in [2.45, 2.75) is 0 Å². The Morgan fingerprint density at radius 1 is 1.40 bits per heavy atom. The molecule has 0 spiro atoms. The van der Waals surface area contributed by atoms with E-state index in [1.54, 1.807) is 30.6 Å². The van der Waals surface area contributed by atoms with Crippen molar-refractivity contribution in [2.75, 3.05) is 0 Å². The van der Waals surface area contributed by atoms with Gasteiger partial charge in [0, 0.05) is 18.5 Å². The van der Waals surface area contributed by atoms with Crippen LogP contribution in [0.1, 0.15) is 5.56 Å². The Morgan fingerprint density at radius 2 is 2.20 bits per heavy atom. The zero-order chi connectivity index (χ0) is 11.1. The molecule has 15 heavy (non-hydrogen) atoms. The minimum absolute atomic E-state index is 0.483. The smallest absolute Gasteiger partial charge is 0.250 e. The number of amides is 2. The van der Waals surface area contributed by atoms with Gasteiger partial charge in [0.1, 0.15) is 0 Å². The first kappa shape index (κ1) is 10.8. The Morgan fingerprint density at radius 3 is 2.80 bits per heavy atom. The molecule has 0 aliphatic rings. The van der Waals surface area contributed by atoms with Gasteiger partial charge in [-0.2, -0.15) is 0 Å². The lowest BCUT2D eigenvalue weighted by molar-refractivity contribution is -0.125. The molecule has 0 saturated heterocycles. The summed E-state index contributed by atoms with van der Waals surface area (Å²) in [5.74, 6) is -1.00. The molecule has 4 nitrogen and oxygen atoms in total. The number of carbonyl (C=O) groups is 2. The number of rotatable bonds is 3. The summed E-state index contributed by atoms with van der Waals surface area (Å²) in [6, 6.07) is 3.55. The number of aromatic nitrogens is 1. The predicted molar refractivity (Wildman–Crippen MR) is 56.6 cm³/mol. The van der Waals surface area contributed by atoms with Crippen molar-refractivity contribution in [1.82, 2.24) is 10.3 Å². The summed E-state index contributed by atoms with van der Waals surface area (Å²) in [5, 5.41) is 2.10. The van der Waals surface area contributed by atoms with Gasteiger partial charge in [-0.05, 0) is 23.8 Å². The molecule has 0 aliphatic carbocycles. The number of hydrogen-bond acceptors (Lipinski definition) is 3. The summed E-state index contributed by atoms with van der Waals surface area (Å²) in [5.41, 5.74) is 0.790. The number of hydrogen-bond donors (Lipinski definition) is 1. The molecule has 1 aromatic heterocycles. The topological polar surface area (TPSA) is 59.1 Å². The normalized spacial score (nSPS) is 9.87. The predicted octanol–water partition coefficient (Wildman–Crippen LogP) is 0.924. The maximum atomic E-state index is 11.1. The molecule has 2 amide bonds. The average Bonchev–Trinajstić information content (AvgIpc) is 2.27. The van der Waals surface area contributed by atoms with Crippen LogP contribution < -0.4 is 5.32 Å². The van der Waals surface area contributed by atoms with Gasteiger partial charge in [0.2, 0.25) is 5.91 Å². The molecule has 4 heteroatoms. The fraction of sp³-hybridized carbons (Fsp3) is 0. The van der Waals surface area contributed by atoms with Crippen LogP contribution in [0.15, 0.2) is 43.3 Å². The molecule has 0 saturated carbocycles. The van der Waals surface area contributed by atoms with Crippen LogP contribution >= 0.6 is 0 Å². The second-order valence-electron chi connectivity index (χ2n) is 2.68. The van der Waals surface area contributed by atoms with Crippen molar-refractivity contribution < 1.29 is 9.59 Å². The molecule has 1 aromatic rings. The Bertz CT molecular complexity index is 396. The molecule has 0 fully saturated rings. The van der Waals surface area contributed by atoms with Gasteiger partial charge >= 0.3 is 0 Å².